The summed E-state index contributed by atoms with van der Waals surface area (Å²) in [4.78, 5) is 2.24. The minimum Gasteiger partial charge on any atom is -0.306 e. The zero-order valence-corrected chi connectivity index (χ0v) is 9.34. The fraction of sp³-hybridized carbons (Fsp3) is 1.00. The molecule has 1 saturated heterocycles. The van der Waals surface area contributed by atoms with E-state index in [1.54, 1.807) is 7.05 Å². The molecular formula is C8H18N2O2S. The third-order valence-electron chi connectivity index (χ3n) is 2.57. The second kappa shape index (κ2) is 3.94. The zero-order chi connectivity index (χ0) is 10.1. The highest BCUT2D eigenvalue weighted by Gasteiger charge is 2.23. The molecule has 0 aromatic heterocycles. The van der Waals surface area contributed by atoms with E-state index in [-0.39, 0.29) is 0 Å². The first-order chi connectivity index (χ1) is 5.89. The van der Waals surface area contributed by atoms with Gasteiger partial charge in [-0.25, -0.2) is 12.7 Å². The Morgan fingerprint density at radius 2 is 2.15 bits per heavy atom. The predicted molar refractivity (Wildman–Crippen MR) is 53.1 cm³/mol. The summed E-state index contributed by atoms with van der Waals surface area (Å²) in [6.07, 6.45) is 2.36. The summed E-state index contributed by atoms with van der Waals surface area (Å²) in [5.74, 6) is 0.504. The van der Waals surface area contributed by atoms with Crippen LogP contribution in [0, 0.1) is 5.92 Å². The molecule has 1 rings (SSSR count). The van der Waals surface area contributed by atoms with Crippen LogP contribution in [-0.4, -0.2) is 57.6 Å². The molecule has 78 valence electrons. The lowest BCUT2D eigenvalue weighted by Gasteiger charge is -2.18. The molecule has 0 bridgehead atoms. The van der Waals surface area contributed by atoms with Crippen molar-refractivity contribution in [3.63, 3.8) is 0 Å². The van der Waals surface area contributed by atoms with Crippen molar-refractivity contribution in [2.24, 2.45) is 5.92 Å². The number of sulfonamides is 1. The van der Waals surface area contributed by atoms with Gasteiger partial charge in [0.1, 0.15) is 0 Å². The van der Waals surface area contributed by atoms with Gasteiger partial charge in [0.2, 0.25) is 10.0 Å². The first kappa shape index (κ1) is 10.9. The van der Waals surface area contributed by atoms with Crippen molar-refractivity contribution in [2.75, 3.05) is 40.0 Å². The molecule has 0 aliphatic carbocycles. The molecule has 0 radical (unpaired) electrons. The quantitative estimate of drug-likeness (QED) is 0.644. The lowest BCUT2D eigenvalue weighted by atomic mass is 10.1. The van der Waals surface area contributed by atoms with Crippen LogP contribution in [0.25, 0.3) is 0 Å². The lowest BCUT2D eigenvalue weighted by Crippen LogP contribution is -2.31. The molecule has 0 aromatic rings. The van der Waals surface area contributed by atoms with Crippen LogP contribution in [0.5, 0.6) is 0 Å². The molecule has 0 N–H and O–H groups in total. The summed E-state index contributed by atoms with van der Waals surface area (Å²) in [5.41, 5.74) is 0. The van der Waals surface area contributed by atoms with E-state index >= 15 is 0 Å². The minimum atomic E-state index is -2.99. The van der Waals surface area contributed by atoms with Crippen LogP contribution in [0.3, 0.4) is 0 Å². The second-order valence-electron chi connectivity index (χ2n) is 3.96. The van der Waals surface area contributed by atoms with Gasteiger partial charge in [-0.05, 0) is 25.9 Å². The predicted octanol–water partition coefficient (Wildman–Crippen LogP) is -0.170. The van der Waals surface area contributed by atoms with Gasteiger partial charge in [-0.3, -0.25) is 0 Å². The average Bonchev–Trinajstić information content (AvgIpc) is 2.33. The Morgan fingerprint density at radius 3 is 2.54 bits per heavy atom. The highest BCUT2D eigenvalue weighted by atomic mass is 32.2. The summed E-state index contributed by atoms with van der Waals surface area (Å²) >= 11 is 0. The fourth-order valence-corrected chi connectivity index (χ4v) is 2.16. The van der Waals surface area contributed by atoms with Crippen molar-refractivity contribution in [1.82, 2.24) is 9.21 Å². The standard InChI is InChI=1S/C8H18N2O2S/c1-9-5-4-8(6-9)7-10(2)13(3,11)12/h8H,4-7H2,1-3H3. The normalized spacial score (nSPS) is 25.7. The van der Waals surface area contributed by atoms with Crippen LogP contribution in [0.15, 0.2) is 0 Å². The number of hydrogen-bond donors (Lipinski definition) is 0. The molecule has 0 amide bonds. The number of hydrogen-bond acceptors (Lipinski definition) is 3. The maximum Gasteiger partial charge on any atom is 0.210 e. The first-order valence-corrected chi connectivity index (χ1v) is 6.34. The van der Waals surface area contributed by atoms with Crippen molar-refractivity contribution in [1.29, 1.82) is 0 Å². The molecule has 4 nitrogen and oxygen atoms in total. The van der Waals surface area contributed by atoms with Gasteiger partial charge in [0.15, 0.2) is 0 Å². The van der Waals surface area contributed by atoms with Gasteiger partial charge in [0.25, 0.3) is 0 Å². The van der Waals surface area contributed by atoms with Gasteiger partial charge in [-0.15, -0.1) is 0 Å². The van der Waals surface area contributed by atoms with Crippen LogP contribution in [0.4, 0.5) is 0 Å². The van der Waals surface area contributed by atoms with E-state index in [9.17, 15) is 8.42 Å². The average molecular weight is 206 g/mol. The Balaban J connectivity index is 2.42. The molecule has 0 aromatic carbocycles. The fourth-order valence-electron chi connectivity index (χ4n) is 1.67. The number of likely N-dealkylation sites (tertiary alicyclic amines) is 1. The van der Waals surface area contributed by atoms with Crippen molar-refractivity contribution in [3.05, 3.63) is 0 Å². The van der Waals surface area contributed by atoms with Crippen LogP contribution >= 0.6 is 0 Å². The minimum absolute atomic E-state index is 0.504. The molecule has 0 saturated carbocycles. The Kier molecular flexibility index (Phi) is 3.32. The van der Waals surface area contributed by atoms with Crippen LogP contribution in [0.1, 0.15) is 6.42 Å². The van der Waals surface area contributed by atoms with E-state index in [2.05, 4.69) is 11.9 Å². The summed E-state index contributed by atoms with van der Waals surface area (Å²) in [7, 11) is 0.723. The number of nitrogens with zero attached hydrogens (tertiary/aromatic N) is 2. The first-order valence-electron chi connectivity index (χ1n) is 4.49. The van der Waals surface area contributed by atoms with Crippen molar-refractivity contribution in [2.45, 2.75) is 6.42 Å². The maximum atomic E-state index is 11.1. The summed E-state index contributed by atoms with van der Waals surface area (Å²) in [6, 6.07) is 0. The Labute approximate surface area is 80.6 Å². The van der Waals surface area contributed by atoms with Crippen LogP contribution < -0.4 is 0 Å². The van der Waals surface area contributed by atoms with Gasteiger partial charge in [0, 0.05) is 20.1 Å². The maximum absolute atomic E-state index is 11.1. The summed E-state index contributed by atoms with van der Waals surface area (Å²) in [5, 5.41) is 0. The third kappa shape index (κ3) is 3.25. The Bertz CT molecular complexity index is 263. The summed E-state index contributed by atoms with van der Waals surface area (Å²) in [6.45, 7) is 2.76. The van der Waals surface area contributed by atoms with Gasteiger partial charge in [0.05, 0.1) is 6.26 Å². The van der Waals surface area contributed by atoms with Crippen LogP contribution in [-0.2, 0) is 10.0 Å². The number of rotatable bonds is 3. The third-order valence-corrected chi connectivity index (χ3v) is 3.85. The van der Waals surface area contributed by atoms with Crippen LogP contribution in [0.2, 0.25) is 0 Å². The van der Waals surface area contributed by atoms with Crippen molar-refractivity contribution < 1.29 is 8.42 Å². The monoisotopic (exact) mass is 206 g/mol. The van der Waals surface area contributed by atoms with Crippen molar-refractivity contribution in [3.8, 4) is 0 Å². The lowest BCUT2D eigenvalue weighted by molar-refractivity contribution is 0.358. The van der Waals surface area contributed by atoms with E-state index in [4.69, 9.17) is 0 Å². The SMILES string of the molecule is CN1CCC(CN(C)S(C)(=O)=O)C1. The molecule has 1 aliphatic heterocycles. The molecule has 13 heavy (non-hydrogen) atoms. The van der Waals surface area contributed by atoms with Gasteiger partial charge >= 0.3 is 0 Å². The van der Waals surface area contributed by atoms with E-state index < -0.39 is 10.0 Å². The largest absolute Gasteiger partial charge is 0.306 e. The van der Waals surface area contributed by atoms with Crippen molar-refractivity contribution >= 4 is 10.0 Å². The smallest absolute Gasteiger partial charge is 0.210 e. The second-order valence-corrected chi connectivity index (χ2v) is 6.05. The van der Waals surface area contributed by atoms with E-state index in [0.29, 0.717) is 12.5 Å². The molecule has 1 atom stereocenters. The van der Waals surface area contributed by atoms with E-state index in [0.717, 1.165) is 19.5 Å². The molecule has 1 unspecified atom stereocenters. The zero-order valence-electron chi connectivity index (χ0n) is 8.52. The molecule has 1 fully saturated rings. The van der Waals surface area contributed by atoms with Gasteiger partial charge < -0.3 is 4.90 Å². The van der Waals surface area contributed by atoms with Gasteiger partial charge in [-0.2, -0.15) is 0 Å². The molecular weight excluding hydrogens is 188 g/mol. The molecule has 5 heteroatoms. The molecule has 1 heterocycles. The summed E-state index contributed by atoms with van der Waals surface area (Å²) < 4.78 is 23.7. The Morgan fingerprint density at radius 1 is 1.54 bits per heavy atom. The highest BCUT2D eigenvalue weighted by Crippen LogP contribution is 2.15. The van der Waals surface area contributed by atoms with E-state index in [1.165, 1.54) is 10.6 Å². The van der Waals surface area contributed by atoms with E-state index in [1.807, 2.05) is 0 Å². The highest BCUT2D eigenvalue weighted by molar-refractivity contribution is 7.88. The molecule has 0 spiro atoms. The van der Waals surface area contributed by atoms with Gasteiger partial charge in [-0.1, -0.05) is 0 Å². The Hall–Kier alpha value is -0.130. The molecule has 1 aliphatic rings. The topological polar surface area (TPSA) is 40.6 Å².